The number of hydrogen-bond donors (Lipinski definition) is 2. The van der Waals surface area contributed by atoms with Crippen molar-refractivity contribution in [1.29, 1.82) is 0 Å². The number of nitrogens with zero attached hydrogens (tertiary/aromatic N) is 1. The van der Waals surface area contributed by atoms with Gasteiger partial charge in [0.05, 0.1) is 7.85 Å². The third kappa shape index (κ3) is 4.32. The Labute approximate surface area is 201 Å². The Morgan fingerprint density at radius 1 is 1.15 bits per heavy atom. The number of rotatable bonds is 5. The molecule has 2 aromatic carbocycles. The van der Waals surface area contributed by atoms with Crippen molar-refractivity contribution in [2.24, 2.45) is 0 Å². The van der Waals surface area contributed by atoms with E-state index in [2.05, 4.69) is 10.6 Å². The topological polar surface area (TPSA) is 95.6 Å². The first-order chi connectivity index (χ1) is 16.0. The molecule has 1 fully saturated rings. The molecular weight excluding hydrogens is 465 g/mol. The van der Waals surface area contributed by atoms with Crippen LogP contribution in [-0.2, 0) is 26.9 Å². The number of alkyl halides is 2. The molecule has 170 valence electrons. The number of nitrogens with one attached hydrogen (secondary N) is 2. The second kappa shape index (κ2) is 8.87. The Morgan fingerprint density at radius 2 is 1.82 bits per heavy atom. The minimum absolute atomic E-state index is 0.0212. The van der Waals surface area contributed by atoms with E-state index in [-0.39, 0.29) is 23.6 Å². The molecule has 0 aromatic heterocycles. The predicted molar refractivity (Wildman–Crippen MR) is 119 cm³/mol. The summed E-state index contributed by atoms with van der Waals surface area (Å²) in [5.74, 6) is -9.33. The van der Waals surface area contributed by atoms with E-state index in [9.17, 15) is 28.0 Å². The second-order valence-electron chi connectivity index (χ2n) is 8.09. The fourth-order valence-corrected chi connectivity index (χ4v) is 4.06. The third-order valence-corrected chi connectivity index (χ3v) is 6.09. The van der Waals surface area contributed by atoms with Gasteiger partial charge in [-0.25, -0.2) is 0 Å². The monoisotopic (exact) mass is 481 g/mol. The molecule has 0 spiro atoms. The smallest absolute Gasteiger partial charge is 0.349 e. The molecule has 2 aliphatic heterocycles. The maximum Gasteiger partial charge on any atom is 0.349 e. The highest BCUT2D eigenvalue weighted by atomic mass is 35.5. The van der Waals surface area contributed by atoms with Crippen molar-refractivity contribution in [3.8, 4) is 0 Å². The van der Waals surface area contributed by atoms with E-state index in [4.69, 9.17) is 27.3 Å². The maximum atomic E-state index is 14.5. The molecule has 4 radical (unpaired) electrons. The van der Waals surface area contributed by atoms with Gasteiger partial charge >= 0.3 is 5.92 Å². The van der Waals surface area contributed by atoms with Crippen LogP contribution in [-0.4, -0.2) is 50.3 Å². The van der Waals surface area contributed by atoms with Crippen LogP contribution in [0.1, 0.15) is 39.4 Å². The van der Waals surface area contributed by atoms with Crippen LogP contribution in [0.4, 0.5) is 8.78 Å². The lowest BCUT2D eigenvalue weighted by Crippen LogP contribution is -2.54. The first kappa shape index (κ1) is 23.9. The van der Waals surface area contributed by atoms with Gasteiger partial charge in [-0.1, -0.05) is 35.9 Å². The molecular formula is C22H16B2ClF2N3O4. The normalized spacial score (nSPS) is 21.1. The number of amides is 4. The lowest BCUT2D eigenvalue weighted by Gasteiger charge is -2.32. The van der Waals surface area contributed by atoms with Crippen LogP contribution in [0.5, 0.6) is 0 Å². The van der Waals surface area contributed by atoms with Crippen molar-refractivity contribution in [2.75, 3.05) is 0 Å². The summed E-state index contributed by atoms with van der Waals surface area (Å²) >= 11 is 5.71. The maximum absolute atomic E-state index is 14.5. The lowest BCUT2D eigenvalue weighted by molar-refractivity contribution is -0.147. The molecule has 4 rings (SSSR count). The van der Waals surface area contributed by atoms with Gasteiger partial charge in [-0.15, -0.1) is 0 Å². The van der Waals surface area contributed by atoms with Gasteiger partial charge in [-0.3, -0.25) is 24.5 Å². The molecule has 2 heterocycles. The SMILES string of the molecule is [B]C1CC(N2Cc3cc(C([B])NC(=O)C(F)(F)c4ccc(Cl)cc4)ccc3C2=O)C(=O)NC1=O. The van der Waals surface area contributed by atoms with Gasteiger partial charge in [0.15, 0.2) is 0 Å². The summed E-state index contributed by atoms with van der Waals surface area (Å²) in [6.45, 7) is 0.0304. The fourth-order valence-electron chi connectivity index (χ4n) is 3.93. The van der Waals surface area contributed by atoms with Crippen molar-refractivity contribution in [2.45, 2.75) is 36.7 Å². The van der Waals surface area contributed by atoms with Gasteiger partial charge in [-0.2, -0.15) is 8.78 Å². The molecule has 7 nitrogen and oxygen atoms in total. The number of fused-ring (bicyclic) bond motifs is 1. The number of piperidine rings is 1. The Bertz CT molecular complexity index is 1200. The van der Waals surface area contributed by atoms with E-state index in [1.54, 1.807) is 0 Å². The van der Waals surface area contributed by atoms with E-state index in [0.717, 1.165) is 12.1 Å². The second-order valence-corrected chi connectivity index (χ2v) is 8.53. The highest BCUT2D eigenvalue weighted by molar-refractivity contribution is 6.30. The average Bonchev–Trinajstić information content (AvgIpc) is 3.12. The van der Waals surface area contributed by atoms with Crippen molar-refractivity contribution in [3.05, 3.63) is 69.7 Å². The average molecular weight is 481 g/mol. The Balaban J connectivity index is 1.49. The van der Waals surface area contributed by atoms with Crippen LogP contribution in [0.15, 0.2) is 42.5 Å². The van der Waals surface area contributed by atoms with Crippen molar-refractivity contribution in [3.63, 3.8) is 0 Å². The van der Waals surface area contributed by atoms with Crippen LogP contribution in [0, 0.1) is 0 Å². The number of hydrogen-bond acceptors (Lipinski definition) is 4. The number of carbonyl (C=O) groups is 4. The quantitative estimate of drug-likeness (QED) is 0.503. The van der Waals surface area contributed by atoms with E-state index in [1.165, 1.54) is 35.2 Å². The number of carbonyl (C=O) groups excluding carboxylic acids is 4. The summed E-state index contributed by atoms with van der Waals surface area (Å²) in [7, 11) is 11.7. The van der Waals surface area contributed by atoms with Crippen LogP contribution in [0.25, 0.3) is 0 Å². The molecule has 2 aromatic rings. The fraction of sp³-hybridized carbons (Fsp3) is 0.273. The van der Waals surface area contributed by atoms with Gasteiger partial charge in [0.1, 0.15) is 13.9 Å². The van der Waals surface area contributed by atoms with Gasteiger partial charge < -0.3 is 10.2 Å². The van der Waals surface area contributed by atoms with Gasteiger partial charge in [0.25, 0.3) is 11.8 Å². The lowest BCUT2D eigenvalue weighted by atomic mass is 9.78. The summed E-state index contributed by atoms with van der Waals surface area (Å²) < 4.78 is 29.1. The molecule has 2 N–H and O–H groups in total. The minimum atomic E-state index is -3.85. The van der Waals surface area contributed by atoms with Crippen molar-refractivity contribution < 1.29 is 28.0 Å². The number of benzene rings is 2. The van der Waals surface area contributed by atoms with E-state index in [0.29, 0.717) is 11.1 Å². The third-order valence-electron chi connectivity index (χ3n) is 5.84. The van der Waals surface area contributed by atoms with Crippen molar-refractivity contribution >= 4 is 50.9 Å². The highest BCUT2D eigenvalue weighted by Crippen LogP contribution is 2.32. The number of halogens is 3. The zero-order chi connectivity index (χ0) is 24.8. The van der Waals surface area contributed by atoms with Crippen molar-refractivity contribution in [1.82, 2.24) is 15.5 Å². The summed E-state index contributed by atoms with van der Waals surface area (Å²) in [6.07, 6.45) is -0.0212. The molecule has 3 atom stereocenters. The standard InChI is InChI=1S/C22H16B2ClF2N3O4/c23-15-8-16(19(32)29-18(15)31)30-9-11-7-10(1-6-14(11)20(30)33)17(24)28-21(34)22(26,27)12-2-4-13(25)5-3-12/h1-7,15-17H,8-9H2,(H,28,34)(H,29,31,32). The predicted octanol–water partition coefficient (Wildman–Crippen LogP) is 1.74. The van der Waals surface area contributed by atoms with Crippen LogP contribution in [0.3, 0.4) is 0 Å². The Hall–Kier alpha value is -3.20. The van der Waals surface area contributed by atoms with Gasteiger partial charge in [0, 0.05) is 34.5 Å². The molecule has 3 unspecified atom stereocenters. The molecule has 1 saturated heterocycles. The van der Waals surface area contributed by atoms with Crippen LogP contribution >= 0.6 is 11.6 Å². The van der Waals surface area contributed by atoms with Crippen LogP contribution in [0.2, 0.25) is 10.8 Å². The molecule has 0 aliphatic carbocycles. The molecule has 34 heavy (non-hydrogen) atoms. The molecule has 12 heteroatoms. The molecule has 2 aliphatic rings. The Kier molecular flexibility index (Phi) is 6.24. The molecule has 0 bridgehead atoms. The van der Waals surface area contributed by atoms with E-state index in [1.807, 2.05) is 0 Å². The first-order valence-corrected chi connectivity index (χ1v) is 10.6. The number of imide groups is 1. The first-order valence-electron chi connectivity index (χ1n) is 10.2. The van der Waals surface area contributed by atoms with Gasteiger partial charge in [0.2, 0.25) is 11.8 Å². The Morgan fingerprint density at radius 3 is 2.50 bits per heavy atom. The molecule has 4 amide bonds. The largest absolute Gasteiger partial charge is 0.352 e. The van der Waals surface area contributed by atoms with Gasteiger partial charge in [-0.05, 0) is 35.7 Å². The minimum Gasteiger partial charge on any atom is -0.352 e. The summed E-state index contributed by atoms with van der Waals surface area (Å²) in [5.41, 5.74) is 0.537. The van der Waals surface area contributed by atoms with E-state index >= 15 is 0 Å². The highest BCUT2D eigenvalue weighted by Gasteiger charge is 2.43. The summed E-state index contributed by atoms with van der Waals surface area (Å²) in [5, 5.41) is 4.47. The summed E-state index contributed by atoms with van der Waals surface area (Å²) in [6, 6.07) is 8.04. The zero-order valence-corrected chi connectivity index (χ0v) is 18.3. The molecule has 0 saturated carbocycles. The zero-order valence-electron chi connectivity index (χ0n) is 17.6. The van der Waals surface area contributed by atoms with Crippen LogP contribution < -0.4 is 10.6 Å². The summed E-state index contributed by atoms with van der Waals surface area (Å²) in [4.78, 5) is 50.2. The van der Waals surface area contributed by atoms with E-state index < -0.39 is 52.9 Å².